The highest BCUT2D eigenvalue weighted by molar-refractivity contribution is 7.99. The summed E-state index contributed by atoms with van der Waals surface area (Å²) in [6, 6.07) is 5.00. The van der Waals surface area contributed by atoms with Crippen molar-refractivity contribution in [1.82, 2.24) is 5.32 Å². The van der Waals surface area contributed by atoms with Gasteiger partial charge in [-0.25, -0.2) is 0 Å². The molecular weight excluding hydrogens is 340 g/mol. The molecule has 0 unspecified atom stereocenters. The first-order chi connectivity index (χ1) is 12.7. The molecule has 0 bridgehead atoms. The molecule has 0 heterocycles. The Bertz CT molecular complexity index is 546. The predicted molar refractivity (Wildman–Crippen MR) is 122 cm³/mol. The molecule has 0 fully saturated rings. The van der Waals surface area contributed by atoms with E-state index < -0.39 is 0 Å². The molecule has 0 amide bonds. The number of anilines is 1. The van der Waals surface area contributed by atoms with Gasteiger partial charge in [0.2, 0.25) is 0 Å². The molecule has 0 spiro atoms. The maximum atomic E-state index is 9.42. The molecule has 0 saturated heterocycles. The zero-order valence-electron chi connectivity index (χ0n) is 17.1. The maximum absolute atomic E-state index is 9.42. The highest BCUT2D eigenvalue weighted by Crippen LogP contribution is 2.28. The van der Waals surface area contributed by atoms with Crippen molar-refractivity contribution in [2.75, 3.05) is 18.5 Å². The molecule has 0 radical (unpaired) electrons. The van der Waals surface area contributed by atoms with Crippen LogP contribution in [0.2, 0.25) is 0 Å². The van der Waals surface area contributed by atoms with Crippen LogP contribution >= 0.6 is 11.8 Å². The molecule has 4 N–H and O–H groups in total. The number of hydrogen-bond acceptors (Lipinski definition) is 4. The largest absolute Gasteiger partial charge is 0.508 e. The fourth-order valence-corrected chi connectivity index (χ4v) is 2.31. The number of thioether (sulfide) groups is 1. The summed E-state index contributed by atoms with van der Waals surface area (Å²) in [6.45, 7) is 10.1. The van der Waals surface area contributed by atoms with Crippen molar-refractivity contribution in [1.29, 1.82) is 0 Å². The Balaban J connectivity index is -0.000000795. The van der Waals surface area contributed by atoms with Crippen LogP contribution in [-0.2, 0) is 0 Å². The van der Waals surface area contributed by atoms with E-state index in [4.69, 9.17) is 5.73 Å². The second kappa shape index (κ2) is 22.8. The van der Waals surface area contributed by atoms with Gasteiger partial charge in [0.25, 0.3) is 0 Å². The average Bonchev–Trinajstić information content (AvgIpc) is 2.71. The molecule has 0 aliphatic rings. The Hall–Kier alpha value is -2.25. The van der Waals surface area contributed by atoms with Crippen molar-refractivity contribution in [3.05, 3.63) is 54.3 Å². The first-order valence-corrected chi connectivity index (χ1v) is 9.91. The van der Waals surface area contributed by atoms with Crippen molar-refractivity contribution in [3.8, 4) is 18.6 Å². The van der Waals surface area contributed by atoms with Crippen LogP contribution in [0.15, 0.2) is 59.2 Å². The smallest absolute Gasteiger partial charge is 0.116 e. The quantitative estimate of drug-likeness (QED) is 0.180. The SMILES string of the molecule is C#C.CC.CC.CC\C=C/C(=C\C=C\CSc1cc(O)ccc1N)NC. The minimum absolute atomic E-state index is 0.243. The molecule has 3 nitrogen and oxygen atoms in total. The zero-order valence-corrected chi connectivity index (χ0v) is 17.9. The summed E-state index contributed by atoms with van der Waals surface area (Å²) in [7, 11) is 1.90. The van der Waals surface area contributed by atoms with E-state index in [0.29, 0.717) is 5.69 Å². The minimum Gasteiger partial charge on any atom is -0.508 e. The first-order valence-electron chi connectivity index (χ1n) is 8.93. The van der Waals surface area contributed by atoms with Gasteiger partial charge in [-0.15, -0.1) is 24.6 Å². The van der Waals surface area contributed by atoms with Gasteiger partial charge in [-0.05, 0) is 36.8 Å². The Morgan fingerprint density at radius 2 is 1.81 bits per heavy atom. The molecule has 1 aromatic carbocycles. The number of hydrogen-bond donors (Lipinski definition) is 3. The van der Waals surface area contributed by atoms with Crippen molar-refractivity contribution < 1.29 is 5.11 Å². The number of terminal acetylenes is 1. The summed E-state index contributed by atoms with van der Waals surface area (Å²) in [5.41, 5.74) is 7.61. The third-order valence-corrected chi connectivity index (χ3v) is 3.59. The summed E-state index contributed by atoms with van der Waals surface area (Å²) in [6.07, 6.45) is 19.3. The second-order valence-corrected chi connectivity index (χ2v) is 5.21. The fraction of sp³-hybridized carbons (Fsp3) is 0.364. The molecule has 1 aromatic rings. The van der Waals surface area contributed by atoms with Gasteiger partial charge in [0.05, 0.1) is 0 Å². The van der Waals surface area contributed by atoms with Crippen LogP contribution in [-0.4, -0.2) is 17.9 Å². The summed E-state index contributed by atoms with van der Waals surface area (Å²) in [5, 5.41) is 12.5. The number of nitrogen functional groups attached to an aromatic ring is 1. The van der Waals surface area contributed by atoms with Gasteiger partial charge in [-0.2, -0.15) is 0 Å². The van der Waals surface area contributed by atoms with Crippen LogP contribution in [0.1, 0.15) is 41.0 Å². The number of likely N-dealkylation sites (N-methyl/N-ethyl adjacent to an activating group) is 1. The van der Waals surface area contributed by atoms with E-state index in [0.717, 1.165) is 22.8 Å². The van der Waals surface area contributed by atoms with E-state index in [-0.39, 0.29) is 5.75 Å². The van der Waals surface area contributed by atoms with E-state index in [1.807, 2.05) is 46.9 Å². The summed E-state index contributed by atoms with van der Waals surface area (Å²) in [4.78, 5) is 0.901. The maximum Gasteiger partial charge on any atom is 0.116 e. The van der Waals surface area contributed by atoms with Gasteiger partial charge >= 0.3 is 0 Å². The van der Waals surface area contributed by atoms with Crippen LogP contribution in [0, 0.1) is 12.8 Å². The van der Waals surface area contributed by atoms with Gasteiger partial charge in [-0.3, -0.25) is 0 Å². The van der Waals surface area contributed by atoms with Gasteiger partial charge < -0.3 is 16.2 Å². The standard InChI is InChI=1S/C16H22N2OS.2C2H6.C2H2/c1-3-4-7-13(18-2)8-5-6-11-20-16-12-14(19)9-10-15(16)17;3*1-2/h4-10,12,18-19H,3,11,17H2,1-2H3;2*1-2H3;1-2H/b6-5+,7-4-,13-8+;;;. The van der Waals surface area contributed by atoms with Gasteiger partial charge in [0.15, 0.2) is 0 Å². The molecular formula is C22H36N2OS. The lowest BCUT2D eigenvalue weighted by molar-refractivity contribution is 0.474. The number of aromatic hydroxyl groups is 1. The van der Waals surface area contributed by atoms with Crippen molar-refractivity contribution in [2.45, 2.75) is 45.9 Å². The molecule has 4 heteroatoms. The van der Waals surface area contributed by atoms with Crippen molar-refractivity contribution in [2.24, 2.45) is 0 Å². The molecule has 26 heavy (non-hydrogen) atoms. The van der Waals surface area contributed by atoms with Crippen LogP contribution in [0.5, 0.6) is 5.75 Å². The van der Waals surface area contributed by atoms with E-state index in [2.05, 4.69) is 43.3 Å². The molecule has 1 rings (SSSR count). The second-order valence-electron chi connectivity index (χ2n) is 4.14. The number of benzene rings is 1. The Morgan fingerprint density at radius 3 is 2.35 bits per heavy atom. The average molecular weight is 377 g/mol. The number of phenols is 1. The highest BCUT2D eigenvalue weighted by Gasteiger charge is 1.99. The summed E-state index contributed by atoms with van der Waals surface area (Å²) < 4.78 is 0. The normalized spacial score (nSPS) is 10.1. The fourth-order valence-electron chi connectivity index (χ4n) is 1.48. The zero-order chi connectivity index (χ0) is 20.8. The Kier molecular flexibility index (Phi) is 25.0. The highest BCUT2D eigenvalue weighted by atomic mass is 32.2. The monoisotopic (exact) mass is 376 g/mol. The van der Waals surface area contributed by atoms with E-state index in [1.165, 1.54) is 0 Å². The summed E-state index contributed by atoms with van der Waals surface area (Å²) >= 11 is 1.60. The molecule has 146 valence electrons. The molecule has 0 saturated carbocycles. The Morgan fingerprint density at radius 1 is 1.19 bits per heavy atom. The lowest BCUT2D eigenvalue weighted by atomic mass is 10.3. The van der Waals surface area contributed by atoms with Crippen LogP contribution in [0.3, 0.4) is 0 Å². The minimum atomic E-state index is 0.243. The third-order valence-electron chi connectivity index (χ3n) is 2.57. The molecule has 0 aromatic heterocycles. The lowest BCUT2D eigenvalue weighted by Gasteiger charge is -2.03. The first kappa shape index (κ1) is 28.5. The van der Waals surface area contributed by atoms with Gasteiger partial charge in [0.1, 0.15) is 5.75 Å². The molecule has 0 atom stereocenters. The van der Waals surface area contributed by atoms with E-state index in [1.54, 1.807) is 30.0 Å². The van der Waals surface area contributed by atoms with Crippen LogP contribution in [0.4, 0.5) is 5.69 Å². The predicted octanol–water partition coefficient (Wildman–Crippen LogP) is 5.99. The molecule has 0 aliphatic heterocycles. The number of nitrogens with one attached hydrogen (secondary N) is 1. The topological polar surface area (TPSA) is 58.3 Å². The number of allylic oxidation sites excluding steroid dienone is 4. The lowest BCUT2D eigenvalue weighted by Crippen LogP contribution is -2.02. The number of rotatable bonds is 7. The number of phenolic OH excluding ortho intramolecular Hbond substituents is 1. The van der Waals surface area contributed by atoms with Gasteiger partial charge in [0, 0.05) is 29.1 Å². The van der Waals surface area contributed by atoms with E-state index in [9.17, 15) is 5.11 Å². The van der Waals surface area contributed by atoms with E-state index >= 15 is 0 Å². The van der Waals surface area contributed by atoms with Gasteiger partial charge in [-0.1, -0.05) is 52.8 Å². The van der Waals surface area contributed by atoms with Crippen LogP contribution < -0.4 is 11.1 Å². The Labute approximate surface area is 165 Å². The molecule has 0 aliphatic carbocycles. The van der Waals surface area contributed by atoms with Crippen molar-refractivity contribution >= 4 is 17.4 Å². The third kappa shape index (κ3) is 15.3. The summed E-state index contributed by atoms with van der Waals surface area (Å²) in [5.74, 6) is 1.05. The van der Waals surface area contributed by atoms with Crippen molar-refractivity contribution in [3.63, 3.8) is 0 Å². The number of nitrogens with two attached hydrogens (primary N) is 1. The van der Waals surface area contributed by atoms with Crippen LogP contribution in [0.25, 0.3) is 0 Å².